The molecule has 1 amide bonds. The van der Waals surface area contributed by atoms with Crippen molar-refractivity contribution in [1.29, 1.82) is 0 Å². The molecule has 8 heteroatoms. The van der Waals surface area contributed by atoms with E-state index in [2.05, 4.69) is 15.0 Å². The summed E-state index contributed by atoms with van der Waals surface area (Å²) in [5.74, 6) is -0.669. The van der Waals surface area contributed by atoms with Gasteiger partial charge in [-0.15, -0.1) is 0 Å². The first-order valence-electron chi connectivity index (χ1n) is 6.32. The van der Waals surface area contributed by atoms with Crippen LogP contribution >= 0.6 is 11.3 Å². The summed E-state index contributed by atoms with van der Waals surface area (Å²) >= 11 is 1.26. The number of carbonyl (C=O) groups is 1. The Balaban J connectivity index is 1.95. The zero-order chi connectivity index (χ0) is 16.2. The van der Waals surface area contributed by atoms with Crippen molar-refractivity contribution in [1.82, 2.24) is 4.98 Å². The number of hydrogen-bond donors (Lipinski definition) is 1. The van der Waals surface area contributed by atoms with Gasteiger partial charge in [0.25, 0.3) is 5.91 Å². The highest BCUT2D eigenvalue weighted by molar-refractivity contribution is 7.19. The number of halogens is 3. The van der Waals surface area contributed by atoms with Gasteiger partial charge in [0.2, 0.25) is 0 Å². The molecule has 1 N–H and O–H groups in total. The maximum Gasteiger partial charge on any atom is 0.411 e. The third-order valence-electron chi connectivity index (χ3n) is 2.58. The summed E-state index contributed by atoms with van der Waals surface area (Å²) in [6, 6.07) is 9.49. The minimum Gasteiger partial charge on any atom is -0.362 e. The number of carbonyl (C=O) groups excluding carboxylic acids is 1. The number of anilines is 1. The maximum atomic E-state index is 11.9. The van der Waals surface area contributed by atoms with Gasteiger partial charge in [-0.2, -0.15) is 13.2 Å². The molecule has 0 bridgehead atoms. The Labute approximate surface area is 128 Å². The average molecular weight is 330 g/mol. The smallest absolute Gasteiger partial charge is 0.362 e. The highest BCUT2D eigenvalue weighted by Crippen LogP contribution is 2.32. The Kier molecular flexibility index (Phi) is 5.15. The van der Waals surface area contributed by atoms with E-state index in [1.54, 1.807) is 6.92 Å². The Morgan fingerprint density at radius 3 is 2.64 bits per heavy atom. The Bertz CT molecular complexity index is 641. The monoisotopic (exact) mass is 330 g/mol. The molecule has 2 aromatic rings. The van der Waals surface area contributed by atoms with Crippen LogP contribution in [0, 0.1) is 6.92 Å². The molecule has 0 fully saturated rings. The van der Waals surface area contributed by atoms with Crippen molar-refractivity contribution in [2.75, 3.05) is 18.5 Å². The number of alkyl halides is 3. The third kappa shape index (κ3) is 4.81. The molecule has 0 aliphatic carbocycles. The van der Waals surface area contributed by atoms with Crippen LogP contribution in [0.2, 0.25) is 0 Å². The number of thiazole rings is 1. The van der Waals surface area contributed by atoms with E-state index < -0.39 is 25.3 Å². The molecule has 0 aliphatic heterocycles. The van der Waals surface area contributed by atoms with Crippen LogP contribution in [0.3, 0.4) is 0 Å². The fourth-order valence-electron chi connectivity index (χ4n) is 1.72. The zero-order valence-corrected chi connectivity index (χ0v) is 12.4. The zero-order valence-electron chi connectivity index (χ0n) is 11.6. The van der Waals surface area contributed by atoms with Crippen LogP contribution in [0.5, 0.6) is 0 Å². The lowest BCUT2D eigenvalue weighted by atomic mass is 10.2. The summed E-state index contributed by atoms with van der Waals surface area (Å²) < 4.78 is 40.0. The van der Waals surface area contributed by atoms with Gasteiger partial charge < -0.3 is 4.74 Å². The summed E-state index contributed by atoms with van der Waals surface area (Å²) in [5, 5.41) is 2.77. The molecule has 22 heavy (non-hydrogen) atoms. The number of aromatic nitrogens is 1. The predicted octanol–water partition coefficient (Wildman–Crippen LogP) is 3.64. The molecule has 0 unspecified atom stereocenters. The van der Waals surface area contributed by atoms with Crippen LogP contribution < -0.4 is 5.32 Å². The topological polar surface area (TPSA) is 51.2 Å². The van der Waals surface area contributed by atoms with Crippen LogP contribution in [0.15, 0.2) is 30.3 Å². The van der Waals surface area contributed by atoms with Gasteiger partial charge >= 0.3 is 6.18 Å². The Hall–Kier alpha value is -1.93. The number of amides is 1. The largest absolute Gasteiger partial charge is 0.411 e. The van der Waals surface area contributed by atoms with Gasteiger partial charge in [0, 0.05) is 0 Å². The SMILES string of the molecule is Cc1nc(NC(=O)COCC(F)(F)F)sc1-c1ccccc1. The molecule has 0 radical (unpaired) electrons. The van der Waals surface area contributed by atoms with Gasteiger partial charge in [-0.3, -0.25) is 10.1 Å². The van der Waals surface area contributed by atoms with E-state index in [9.17, 15) is 18.0 Å². The van der Waals surface area contributed by atoms with Crippen molar-refractivity contribution in [3.63, 3.8) is 0 Å². The summed E-state index contributed by atoms with van der Waals surface area (Å²) in [6.07, 6.45) is -4.45. The molecule has 1 aromatic carbocycles. The van der Waals surface area contributed by atoms with E-state index in [1.165, 1.54) is 11.3 Å². The number of nitrogens with one attached hydrogen (secondary N) is 1. The molecule has 118 valence electrons. The van der Waals surface area contributed by atoms with Crippen LogP contribution in [-0.4, -0.2) is 30.3 Å². The summed E-state index contributed by atoms with van der Waals surface area (Å²) in [6.45, 7) is -0.319. The lowest BCUT2D eigenvalue weighted by Crippen LogP contribution is -2.23. The normalized spacial score (nSPS) is 11.5. The van der Waals surface area contributed by atoms with E-state index in [1.807, 2.05) is 30.3 Å². The van der Waals surface area contributed by atoms with Crippen LogP contribution in [-0.2, 0) is 9.53 Å². The second kappa shape index (κ2) is 6.89. The minimum atomic E-state index is -4.45. The number of nitrogens with zero attached hydrogens (tertiary/aromatic N) is 1. The molecule has 0 saturated heterocycles. The molecule has 0 spiro atoms. The van der Waals surface area contributed by atoms with E-state index in [-0.39, 0.29) is 0 Å². The van der Waals surface area contributed by atoms with E-state index in [0.29, 0.717) is 5.13 Å². The lowest BCUT2D eigenvalue weighted by molar-refractivity contribution is -0.174. The van der Waals surface area contributed by atoms with Gasteiger partial charge in [-0.25, -0.2) is 4.98 Å². The van der Waals surface area contributed by atoms with Crippen LogP contribution in [0.4, 0.5) is 18.3 Å². The molecule has 1 aromatic heterocycles. The molecule has 1 heterocycles. The van der Waals surface area contributed by atoms with Gasteiger partial charge in [0.05, 0.1) is 10.6 Å². The van der Waals surface area contributed by atoms with E-state index >= 15 is 0 Å². The van der Waals surface area contributed by atoms with E-state index in [0.717, 1.165) is 16.1 Å². The van der Waals surface area contributed by atoms with Gasteiger partial charge in [-0.1, -0.05) is 41.7 Å². The van der Waals surface area contributed by atoms with Crippen LogP contribution in [0.25, 0.3) is 10.4 Å². The first-order chi connectivity index (χ1) is 10.3. The minimum absolute atomic E-state index is 0.331. The molecule has 0 atom stereocenters. The van der Waals surface area contributed by atoms with Crippen molar-refractivity contribution >= 4 is 22.4 Å². The summed E-state index contributed by atoms with van der Waals surface area (Å²) in [4.78, 5) is 16.6. The summed E-state index contributed by atoms with van der Waals surface area (Å²) in [5.41, 5.74) is 1.70. The van der Waals surface area contributed by atoms with Crippen molar-refractivity contribution in [2.24, 2.45) is 0 Å². The highest BCUT2D eigenvalue weighted by atomic mass is 32.1. The molecule has 2 rings (SSSR count). The summed E-state index contributed by atoms with van der Waals surface area (Å²) in [7, 11) is 0. The standard InChI is InChI=1S/C14H13F3N2O2S/c1-9-12(10-5-3-2-4-6-10)22-13(18-9)19-11(20)7-21-8-14(15,16)17/h2-6H,7-8H2,1H3,(H,18,19,20). The lowest BCUT2D eigenvalue weighted by Gasteiger charge is -2.06. The molecule has 4 nitrogen and oxygen atoms in total. The fourth-order valence-corrected chi connectivity index (χ4v) is 2.71. The quantitative estimate of drug-likeness (QED) is 0.911. The number of aryl methyl sites for hydroxylation is 1. The number of benzene rings is 1. The van der Waals surface area contributed by atoms with Crippen molar-refractivity contribution in [2.45, 2.75) is 13.1 Å². The first kappa shape index (κ1) is 16.4. The van der Waals surface area contributed by atoms with Gasteiger partial charge in [0.15, 0.2) is 5.13 Å². The Morgan fingerprint density at radius 1 is 1.32 bits per heavy atom. The molecular formula is C14H13F3N2O2S. The molecular weight excluding hydrogens is 317 g/mol. The second-order valence-corrected chi connectivity index (χ2v) is 5.45. The second-order valence-electron chi connectivity index (χ2n) is 4.46. The third-order valence-corrected chi connectivity index (χ3v) is 3.70. The number of hydrogen-bond acceptors (Lipinski definition) is 4. The molecule has 0 aliphatic rings. The predicted molar refractivity (Wildman–Crippen MR) is 77.8 cm³/mol. The molecule has 0 saturated carbocycles. The van der Waals surface area contributed by atoms with Gasteiger partial charge in [0.1, 0.15) is 13.2 Å². The van der Waals surface area contributed by atoms with E-state index in [4.69, 9.17) is 0 Å². The number of ether oxygens (including phenoxy) is 1. The fraction of sp³-hybridized carbons (Fsp3) is 0.286. The maximum absolute atomic E-state index is 11.9. The van der Waals surface area contributed by atoms with Crippen molar-refractivity contribution < 1.29 is 22.7 Å². The van der Waals surface area contributed by atoms with Gasteiger partial charge in [-0.05, 0) is 12.5 Å². The van der Waals surface area contributed by atoms with Crippen molar-refractivity contribution in [3.05, 3.63) is 36.0 Å². The average Bonchev–Trinajstić information content (AvgIpc) is 2.79. The number of rotatable bonds is 5. The van der Waals surface area contributed by atoms with Crippen LogP contribution in [0.1, 0.15) is 5.69 Å². The first-order valence-corrected chi connectivity index (χ1v) is 7.14. The Morgan fingerprint density at radius 2 is 2.00 bits per heavy atom. The highest BCUT2D eigenvalue weighted by Gasteiger charge is 2.27. The van der Waals surface area contributed by atoms with Crippen molar-refractivity contribution in [3.8, 4) is 10.4 Å².